The molecule has 1 N–H and O–H groups in total. The highest BCUT2D eigenvalue weighted by Crippen LogP contribution is 2.30. The Kier molecular flexibility index (Phi) is 7.23. The van der Waals surface area contributed by atoms with E-state index >= 15 is 0 Å². The van der Waals surface area contributed by atoms with E-state index < -0.39 is 5.97 Å². The van der Waals surface area contributed by atoms with Crippen molar-refractivity contribution in [1.82, 2.24) is 0 Å². The van der Waals surface area contributed by atoms with Crippen molar-refractivity contribution in [1.29, 1.82) is 0 Å². The molecular weight excluding hydrogens is 372 g/mol. The largest absolute Gasteiger partial charge is 0.485 e. The summed E-state index contributed by atoms with van der Waals surface area (Å²) in [5, 5.41) is 8.89. The van der Waals surface area contributed by atoms with Crippen molar-refractivity contribution in [3.05, 3.63) is 113 Å². The van der Waals surface area contributed by atoms with Gasteiger partial charge in [0, 0.05) is 11.6 Å². The van der Waals surface area contributed by atoms with E-state index in [-0.39, 0.29) is 6.10 Å². The Morgan fingerprint density at radius 3 is 2.40 bits per heavy atom. The van der Waals surface area contributed by atoms with Crippen LogP contribution in [-0.2, 0) is 11.2 Å². The van der Waals surface area contributed by atoms with Crippen LogP contribution in [0.2, 0.25) is 0 Å². The minimum Gasteiger partial charge on any atom is -0.485 e. The molecule has 152 valence electrons. The third kappa shape index (κ3) is 5.71. The molecule has 0 saturated carbocycles. The summed E-state index contributed by atoms with van der Waals surface area (Å²) in [5.74, 6) is -0.0707. The molecule has 0 spiro atoms. The Labute approximate surface area is 178 Å². The number of para-hydroxylation sites is 1. The number of carboxylic acid groups (broad SMARTS) is 1. The van der Waals surface area contributed by atoms with Crippen molar-refractivity contribution in [2.24, 2.45) is 0 Å². The lowest BCUT2D eigenvalue weighted by atomic mass is 10.0. The number of hydrogen-bond acceptors (Lipinski definition) is 2. The molecular formula is C27H26O3. The summed E-state index contributed by atoms with van der Waals surface area (Å²) in [6, 6.07) is 24.1. The molecule has 0 aromatic heterocycles. The first-order chi connectivity index (χ1) is 14.5. The number of ether oxygens (including phenoxy) is 1. The highest BCUT2D eigenvalue weighted by Gasteiger charge is 2.11. The monoisotopic (exact) mass is 398 g/mol. The zero-order valence-electron chi connectivity index (χ0n) is 17.3. The second-order valence-electron chi connectivity index (χ2n) is 7.14. The fraction of sp³-hybridized carbons (Fsp3) is 0.148. The molecule has 0 aliphatic rings. The normalized spacial score (nSPS) is 12.3. The number of aryl methyl sites for hydroxylation is 1. The molecule has 0 heterocycles. The van der Waals surface area contributed by atoms with E-state index in [0.717, 1.165) is 33.6 Å². The highest BCUT2D eigenvalue weighted by atomic mass is 16.5. The van der Waals surface area contributed by atoms with Crippen LogP contribution < -0.4 is 4.74 Å². The van der Waals surface area contributed by atoms with E-state index in [1.54, 1.807) is 6.08 Å². The number of hydrogen-bond donors (Lipinski definition) is 1. The van der Waals surface area contributed by atoms with Gasteiger partial charge in [0.2, 0.25) is 0 Å². The molecule has 0 saturated heterocycles. The van der Waals surface area contributed by atoms with Gasteiger partial charge in [-0.05, 0) is 48.6 Å². The second kappa shape index (κ2) is 10.3. The molecule has 30 heavy (non-hydrogen) atoms. The van der Waals surface area contributed by atoms with Crippen LogP contribution in [-0.4, -0.2) is 11.1 Å². The van der Waals surface area contributed by atoms with Gasteiger partial charge in [0.25, 0.3) is 0 Å². The maximum Gasteiger partial charge on any atom is 0.328 e. The summed E-state index contributed by atoms with van der Waals surface area (Å²) < 4.78 is 6.33. The first-order valence-corrected chi connectivity index (χ1v) is 10.0. The van der Waals surface area contributed by atoms with Crippen LogP contribution in [0.1, 0.15) is 40.8 Å². The summed E-state index contributed by atoms with van der Waals surface area (Å²) in [7, 11) is 0. The number of allylic oxidation sites excluding steroid dienone is 1. The number of benzene rings is 3. The van der Waals surface area contributed by atoms with Crippen LogP contribution >= 0.6 is 0 Å². The van der Waals surface area contributed by atoms with Gasteiger partial charge in [0.15, 0.2) is 0 Å². The molecule has 0 aliphatic carbocycles. The van der Waals surface area contributed by atoms with Gasteiger partial charge in [-0.1, -0.05) is 84.9 Å². The Morgan fingerprint density at radius 1 is 0.933 bits per heavy atom. The van der Waals surface area contributed by atoms with E-state index in [1.807, 2.05) is 54.6 Å². The van der Waals surface area contributed by atoms with Crippen molar-refractivity contribution in [2.75, 3.05) is 0 Å². The molecule has 1 atom stereocenters. The lowest BCUT2D eigenvalue weighted by molar-refractivity contribution is -0.131. The summed E-state index contributed by atoms with van der Waals surface area (Å²) in [5.41, 5.74) is 5.22. The van der Waals surface area contributed by atoms with Crippen molar-refractivity contribution in [3.8, 4) is 5.75 Å². The van der Waals surface area contributed by atoms with Gasteiger partial charge in [-0.15, -0.1) is 0 Å². The van der Waals surface area contributed by atoms with Crippen LogP contribution in [0.5, 0.6) is 5.75 Å². The maximum atomic E-state index is 10.8. The van der Waals surface area contributed by atoms with Gasteiger partial charge >= 0.3 is 5.97 Å². The molecule has 3 aromatic rings. The SMILES string of the molecule is Cc1cccc(C=CCc2ccccc2C=CC(=O)O)c1OC(C)c1ccccc1. The first kappa shape index (κ1) is 21.1. The van der Waals surface area contributed by atoms with Gasteiger partial charge in [0.05, 0.1) is 0 Å². The molecule has 3 aromatic carbocycles. The fourth-order valence-electron chi connectivity index (χ4n) is 3.29. The zero-order chi connectivity index (χ0) is 21.3. The van der Waals surface area contributed by atoms with Crippen molar-refractivity contribution >= 4 is 18.1 Å². The highest BCUT2D eigenvalue weighted by molar-refractivity contribution is 5.85. The van der Waals surface area contributed by atoms with Gasteiger partial charge in [-0.25, -0.2) is 4.79 Å². The van der Waals surface area contributed by atoms with Crippen LogP contribution in [0.15, 0.2) is 84.9 Å². The Morgan fingerprint density at radius 2 is 1.63 bits per heavy atom. The third-order valence-corrected chi connectivity index (χ3v) is 4.90. The van der Waals surface area contributed by atoms with Crippen molar-refractivity contribution < 1.29 is 14.6 Å². The predicted octanol–water partition coefficient (Wildman–Crippen LogP) is 6.49. The van der Waals surface area contributed by atoms with Gasteiger partial charge in [0.1, 0.15) is 11.9 Å². The Balaban J connectivity index is 1.79. The van der Waals surface area contributed by atoms with Crippen LogP contribution in [0.4, 0.5) is 0 Å². The second-order valence-corrected chi connectivity index (χ2v) is 7.14. The minimum absolute atomic E-state index is 0.0543. The van der Waals surface area contributed by atoms with Crippen LogP contribution in [0.3, 0.4) is 0 Å². The summed E-state index contributed by atoms with van der Waals surface area (Å²) in [4.78, 5) is 10.8. The van der Waals surface area contributed by atoms with Crippen LogP contribution in [0, 0.1) is 6.92 Å². The average molecular weight is 399 g/mol. The molecule has 3 heteroatoms. The van der Waals surface area contributed by atoms with E-state index in [0.29, 0.717) is 6.42 Å². The quantitative estimate of drug-likeness (QED) is 0.441. The molecule has 3 nitrogen and oxygen atoms in total. The number of carboxylic acids is 1. The summed E-state index contributed by atoms with van der Waals surface area (Å²) in [6.07, 6.45) is 7.59. The van der Waals surface area contributed by atoms with E-state index in [9.17, 15) is 4.79 Å². The van der Waals surface area contributed by atoms with Gasteiger partial charge < -0.3 is 9.84 Å². The topological polar surface area (TPSA) is 46.5 Å². The number of carbonyl (C=O) groups is 1. The summed E-state index contributed by atoms with van der Waals surface area (Å²) in [6.45, 7) is 4.11. The molecule has 1 unspecified atom stereocenters. The molecule has 0 fully saturated rings. The predicted molar refractivity (Wildman–Crippen MR) is 123 cm³/mol. The Bertz CT molecular complexity index is 1050. The maximum absolute atomic E-state index is 10.8. The summed E-state index contributed by atoms with van der Waals surface area (Å²) >= 11 is 0. The van der Waals surface area contributed by atoms with E-state index in [1.165, 1.54) is 6.08 Å². The first-order valence-electron chi connectivity index (χ1n) is 10.0. The number of aliphatic carboxylic acids is 1. The minimum atomic E-state index is -0.950. The molecule has 0 amide bonds. The van der Waals surface area contributed by atoms with E-state index in [4.69, 9.17) is 9.84 Å². The smallest absolute Gasteiger partial charge is 0.328 e. The zero-order valence-corrected chi connectivity index (χ0v) is 17.3. The third-order valence-electron chi connectivity index (χ3n) is 4.90. The molecule has 0 radical (unpaired) electrons. The molecule has 0 aliphatic heterocycles. The van der Waals surface area contributed by atoms with Crippen LogP contribution in [0.25, 0.3) is 12.2 Å². The average Bonchev–Trinajstić information content (AvgIpc) is 2.75. The Hall–Kier alpha value is -3.59. The lowest BCUT2D eigenvalue weighted by Gasteiger charge is -2.18. The fourth-order valence-corrected chi connectivity index (χ4v) is 3.29. The molecule has 3 rings (SSSR count). The van der Waals surface area contributed by atoms with Crippen molar-refractivity contribution in [3.63, 3.8) is 0 Å². The lowest BCUT2D eigenvalue weighted by Crippen LogP contribution is -2.05. The van der Waals surface area contributed by atoms with Gasteiger partial charge in [-0.3, -0.25) is 0 Å². The van der Waals surface area contributed by atoms with E-state index in [2.05, 4.69) is 44.2 Å². The standard InChI is InChI=1S/C27H26O3/c1-20-10-8-16-25(27(20)30-21(2)22-11-4-3-5-12-22)17-9-15-23-13-6-7-14-24(23)18-19-26(28)29/h3-14,16-19,21H,15H2,1-2H3,(H,28,29). The molecule has 0 bridgehead atoms. The number of rotatable bonds is 8. The van der Waals surface area contributed by atoms with Crippen molar-refractivity contribution in [2.45, 2.75) is 26.4 Å². The van der Waals surface area contributed by atoms with Gasteiger partial charge in [-0.2, -0.15) is 0 Å².